The zero-order chi connectivity index (χ0) is 20.4. The quantitative estimate of drug-likeness (QED) is 0.660. The lowest BCUT2D eigenvalue weighted by Crippen LogP contribution is -2.40. The average Bonchev–Trinajstić information content (AvgIpc) is 3.39. The summed E-state index contributed by atoms with van der Waals surface area (Å²) in [5, 5.41) is 12.4. The van der Waals surface area contributed by atoms with Crippen LogP contribution in [0.25, 0.3) is 11.6 Å². The van der Waals surface area contributed by atoms with Crippen LogP contribution in [0.1, 0.15) is 55.6 Å². The molecule has 8 heteroatoms. The number of aryl methyl sites for hydroxylation is 1. The van der Waals surface area contributed by atoms with Gasteiger partial charge < -0.3 is 9.42 Å². The Morgan fingerprint density at radius 3 is 2.59 bits per heavy atom. The van der Waals surface area contributed by atoms with E-state index in [0.29, 0.717) is 23.8 Å². The van der Waals surface area contributed by atoms with Gasteiger partial charge in [0.2, 0.25) is 5.91 Å². The molecule has 1 amide bonds. The molecule has 0 N–H and O–H groups in total. The Balaban J connectivity index is 1.34. The van der Waals surface area contributed by atoms with Crippen LogP contribution in [0.15, 0.2) is 35.0 Å². The second-order valence-electron chi connectivity index (χ2n) is 7.97. The summed E-state index contributed by atoms with van der Waals surface area (Å²) in [6.45, 7) is 7.53. The topological polar surface area (TPSA) is 89.9 Å². The molecular weight excluding hydrogens is 368 g/mol. The van der Waals surface area contributed by atoms with Crippen LogP contribution in [0.2, 0.25) is 0 Å². The number of benzene rings is 1. The first-order valence-corrected chi connectivity index (χ1v) is 10.1. The van der Waals surface area contributed by atoms with E-state index in [1.807, 2.05) is 60.8 Å². The Morgan fingerprint density at radius 2 is 1.93 bits per heavy atom. The number of carbonyl (C=O) groups is 1. The summed E-state index contributed by atoms with van der Waals surface area (Å²) in [4.78, 5) is 18.9. The van der Waals surface area contributed by atoms with Crippen molar-refractivity contribution in [1.82, 2.24) is 30.0 Å². The number of hydrogen-bond acceptors (Lipinski definition) is 6. The molecule has 3 heterocycles. The van der Waals surface area contributed by atoms with Gasteiger partial charge in [0.25, 0.3) is 5.89 Å². The predicted molar refractivity (Wildman–Crippen MR) is 107 cm³/mol. The Morgan fingerprint density at radius 1 is 1.21 bits per heavy atom. The van der Waals surface area contributed by atoms with Crippen LogP contribution in [-0.2, 0) is 11.2 Å². The van der Waals surface area contributed by atoms with Gasteiger partial charge in [-0.05, 0) is 25.3 Å². The number of piperidine rings is 1. The monoisotopic (exact) mass is 394 g/mol. The van der Waals surface area contributed by atoms with E-state index < -0.39 is 0 Å². The molecule has 1 aliphatic rings. The van der Waals surface area contributed by atoms with E-state index in [-0.39, 0.29) is 17.9 Å². The van der Waals surface area contributed by atoms with Crippen molar-refractivity contribution < 1.29 is 9.32 Å². The van der Waals surface area contributed by atoms with Gasteiger partial charge in [0.05, 0.1) is 18.7 Å². The van der Waals surface area contributed by atoms with Crippen LogP contribution in [-0.4, -0.2) is 49.0 Å². The molecule has 2 aromatic heterocycles. The lowest BCUT2D eigenvalue weighted by atomic mass is 10.0. The third-order valence-electron chi connectivity index (χ3n) is 5.35. The fourth-order valence-electron chi connectivity index (χ4n) is 3.50. The second kappa shape index (κ2) is 8.14. The molecule has 0 radical (unpaired) electrons. The van der Waals surface area contributed by atoms with Crippen molar-refractivity contribution in [3.05, 3.63) is 47.4 Å². The van der Waals surface area contributed by atoms with Gasteiger partial charge in [0, 0.05) is 19.0 Å². The number of aromatic nitrogens is 5. The maximum atomic E-state index is 12.6. The van der Waals surface area contributed by atoms with Crippen molar-refractivity contribution in [3.8, 4) is 11.6 Å². The third-order valence-corrected chi connectivity index (χ3v) is 5.35. The highest BCUT2D eigenvalue weighted by Gasteiger charge is 2.25. The average molecular weight is 394 g/mol. The molecule has 1 fully saturated rings. The number of hydrogen-bond donors (Lipinski definition) is 0. The number of carbonyl (C=O) groups excluding carboxylic acids is 1. The van der Waals surface area contributed by atoms with Gasteiger partial charge >= 0.3 is 0 Å². The van der Waals surface area contributed by atoms with Crippen molar-refractivity contribution in [2.75, 3.05) is 13.1 Å². The van der Waals surface area contributed by atoms with Gasteiger partial charge in [-0.1, -0.05) is 54.0 Å². The largest absolute Gasteiger partial charge is 0.342 e. The van der Waals surface area contributed by atoms with E-state index in [1.165, 1.54) is 5.56 Å². The van der Waals surface area contributed by atoms with E-state index >= 15 is 0 Å². The zero-order valence-electron chi connectivity index (χ0n) is 17.1. The molecule has 1 aliphatic heterocycles. The molecule has 1 aromatic carbocycles. The van der Waals surface area contributed by atoms with Crippen molar-refractivity contribution in [3.63, 3.8) is 0 Å². The minimum Gasteiger partial charge on any atom is -0.342 e. The third kappa shape index (κ3) is 4.36. The molecule has 0 atom stereocenters. The highest BCUT2D eigenvalue weighted by atomic mass is 16.5. The van der Waals surface area contributed by atoms with E-state index in [0.717, 1.165) is 31.5 Å². The number of amides is 1. The molecule has 1 saturated heterocycles. The molecule has 29 heavy (non-hydrogen) atoms. The van der Waals surface area contributed by atoms with Crippen LogP contribution in [0, 0.1) is 6.92 Å². The molecule has 0 spiro atoms. The number of nitrogens with zero attached hydrogens (tertiary/aromatic N) is 6. The fraction of sp³-hybridized carbons (Fsp3) is 0.476. The van der Waals surface area contributed by atoms with Gasteiger partial charge in [-0.15, -0.1) is 5.10 Å². The summed E-state index contributed by atoms with van der Waals surface area (Å²) >= 11 is 0. The van der Waals surface area contributed by atoms with Crippen molar-refractivity contribution in [2.45, 2.75) is 52.0 Å². The van der Waals surface area contributed by atoms with E-state index in [9.17, 15) is 4.79 Å². The summed E-state index contributed by atoms with van der Waals surface area (Å²) < 4.78 is 7.15. The first-order valence-electron chi connectivity index (χ1n) is 10.1. The second-order valence-corrected chi connectivity index (χ2v) is 7.97. The first-order chi connectivity index (χ1) is 14.0. The van der Waals surface area contributed by atoms with Gasteiger partial charge in [-0.3, -0.25) is 4.79 Å². The zero-order valence-corrected chi connectivity index (χ0v) is 17.1. The Labute approximate surface area is 169 Å². The normalized spacial score (nSPS) is 15.2. The molecule has 4 rings (SSSR count). The van der Waals surface area contributed by atoms with Crippen molar-refractivity contribution in [2.24, 2.45) is 0 Å². The Bertz CT molecular complexity index is 967. The highest BCUT2D eigenvalue weighted by molar-refractivity contribution is 5.78. The molecule has 0 unspecified atom stereocenters. The molecule has 8 nitrogen and oxygen atoms in total. The lowest BCUT2D eigenvalue weighted by Gasteiger charge is -2.32. The molecule has 3 aromatic rings. The Hall–Kier alpha value is -3.03. The van der Waals surface area contributed by atoms with E-state index in [1.54, 1.807) is 0 Å². The highest BCUT2D eigenvalue weighted by Crippen LogP contribution is 2.24. The molecule has 0 bridgehead atoms. The summed E-state index contributed by atoms with van der Waals surface area (Å²) in [5.41, 5.74) is 2.85. The SMILES string of the molecule is Cc1ccc(CC(=O)N2CCC(n3cc(-c4nc(C(C)C)no4)nn3)CC2)cc1. The standard InChI is InChI=1S/C21H26N6O2/c1-14(2)20-22-21(29-24-20)18-13-27(25-23-18)17-8-10-26(11-9-17)19(28)12-16-6-4-15(3)5-7-16/h4-7,13-14,17H,8-12H2,1-3H3. The predicted octanol–water partition coefficient (Wildman–Crippen LogP) is 3.17. The van der Waals surface area contributed by atoms with Gasteiger partial charge in [0.1, 0.15) is 0 Å². The Kier molecular flexibility index (Phi) is 5.42. The maximum Gasteiger partial charge on any atom is 0.280 e. The summed E-state index contributed by atoms with van der Waals surface area (Å²) in [7, 11) is 0. The number of rotatable bonds is 5. The van der Waals surface area contributed by atoms with E-state index in [2.05, 4.69) is 20.5 Å². The van der Waals surface area contributed by atoms with Crippen LogP contribution >= 0.6 is 0 Å². The van der Waals surface area contributed by atoms with Crippen molar-refractivity contribution >= 4 is 5.91 Å². The summed E-state index contributed by atoms with van der Waals surface area (Å²) in [5.74, 6) is 1.43. The van der Waals surface area contributed by atoms with Gasteiger partial charge in [-0.25, -0.2) is 4.68 Å². The molecule has 152 valence electrons. The molecule has 0 saturated carbocycles. The van der Waals surface area contributed by atoms with Crippen LogP contribution in [0.3, 0.4) is 0 Å². The van der Waals surface area contributed by atoms with Gasteiger partial charge in [-0.2, -0.15) is 4.98 Å². The lowest BCUT2D eigenvalue weighted by molar-refractivity contribution is -0.131. The fourth-order valence-corrected chi connectivity index (χ4v) is 3.50. The van der Waals surface area contributed by atoms with Crippen LogP contribution in [0.5, 0.6) is 0 Å². The number of likely N-dealkylation sites (tertiary alicyclic amines) is 1. The van der Waals surface area contributed by atoms with Crippen LogP contribution < -0.4 is 0 Å². The minimum absolute atomic E-state index is 0.179. The van der Waals surface area contributed by atoms with Crippen LogP contribution in [0.4, 0.5) is 0 Å². The molecule has 0 aliphatic carbocycles. The summed E-state index contributed by atoms with van der Waals surface area (Å²) in [6.07, 6.45) is 4.01. The van der Waals surface area contributed by atoms with Crippen molar-refractivity contribution in [1.29, 1.82) is 0 Å². The van der Waals surface area contributed by atoms with Gasteiger partial charge in [0.15, 0.2) is 11.5 Å². The first kappa shape index (κ1) is 19.3. The minimum atomic E-state index is 0.179. The maximum absolute atomic E-state index is 12.6. The smallest absolute Gasteiger partial charge is 0.280 e. The summed E-state index contributed by atoms with van der Waals surface area (Å²) in [6, 6.07) is 8.36. The molecular formula is C21H26N6O2. The van der Waals surface area contributed by atoms with E-state index in [4.69, 9.17) is 4.52 Å².